The van der Waals surface area contributed by atoms with Gasteiger partial charge in [-0.1, -0.05) is 18.2 Å². The fraction of sp³-hybridized carbons (Fsp3) is 0.400. The molecule has 30 heavy (non-hydrogen) atoms. The van der Waals surface area contributed by atoms with Crippen molar-refractivity contribution in [3.8, 4) is 11.1 Å². The van der Waals surface area contributed by atoms with Crippen LogP contribution in [0.5, 0.6) is 0 Å². The molecule has 0 radical (unpaired) electrons. The molecule has 1 amide bonds. The van der Waals surface area contributed by atoms with Crippen molar-refractivity contribution in [1.82, 2.24) is 24.9 Å². The molecular weight excluding hydrogens is 406 g/mol. The third-order valence-electron chi connectivity index (χ3n) is 5.67. The third-order valence-corrected chi connectivity index (χ3v) is 7.55. The summed E-state index contributed by atoms with van der Waals surface area (Å²) in [6, 6.07) is 7.19. The predicted octanol–water partition coefficient (Wildman–Crippen LogP) is 1.30. The summed E-state index contributed by atoms with van der Waals surface area (Å²) in [4.78, 5) is 11.7. The van der Waals surface area contributed by atoms with Crippen LogP contribution in [0.3, 0.4) is 0 Å². The summed E-state index contributed by atoms with van der Waals surface area (Å²) in [6.45, 7) is 2.26. The number of sulfonamides is 1. The number of nitrogens with one attached hydrogen (secondary N) is 2. The Hall–Kier alpha value is -2.53. The van der Waals surface area contributed by atoms with Crippen molar-refractivity contribution in [2.45, 2.75) is 30.2 Å². The lowest BCUT2D eigenvalue weighted by atomic mass is 10.1. The van der Waals surface area contributed by atoms with Gasteiger partial charge in [0, 0.05) is 30.4 Å². The molecule has 0 spiro atoms. The van der Waals surface area contributed by atoms with Crippen LogP contribution in [0.1, 0.15) is 25.3 Å². The second kappa shape index (κ2) is 8.68. The van der Waals surface area contributed by atoms with Crippen molar-refractivity contribution >= 4 is 15.9 Å². The van der Waals surface area contributed by atoms with Crippen LogP contribution in [0.15, 0.2) is 53.2 Å². The summed E-state index contributed by atoms with van der Waals surface area (Å²) >= 11 is 0. The molecule has 0 unspecified atom stereocenters. The second-order valence-corrected chi connectivity index (χ2v) is 9.44. The minimum absolute atomic E-state index is 0.0931. The summed E-state index contributed by atoms with van der Waals surface area (Å²) in [5.41, 5.74) is 3.83. The van der Waals surface area contributed by atoms with Crippen molar-refractivity contribution in [2.24, 2.45) is 0 Å². The Labute approximate surface area is 175 Å². The summed E-state index contributed by atoms with van der Waals surface area (Å²) in [5.74, 6) is -0.596. The lowest BCUT2D eigenvalue weighted by molar-refractivity contribution is -0.125. The Bertz CT molecular complexity index is 1040. The Kier molecular flexibility index (Phi) is 6.00. The van der Waals surface area contributed by atoms with E-state index in [1.54, 1.807) is 29.7 Å². The molecule has 1 aromatic heterocycles. The minimum Gasteiger partial charge on any atom is -0.317 e. The molecule has 3 heterocycles. The van der Waals surface area contributed by atoms with Crippen molar-refractivity contribution < 1.29 is 18.4 Å². The molecule has 0 saturated carbocycles. The Morgan fingerprint density at radius 2 is 1.90 bits per heavy atom. The molecule has 1 fully saturated rings. The zero-order valence-corrected chi connectivity index (χ0v) is 17.3. The normalized spacial score (nSPS) is 18.8. The van der Waals surface area contributed by atoms with E-state index in [2.05, 4.69) is 10.4 Å². The topological polar surface area (TPSA) is 117 Å². The van der Waals surface area contributed by atoms with Gasteiger partial charge >= 0.3 is 0 Å². The van der Waals surface area contributed by atoms with Gasteiger partial charge in [-0.05, 0) is 50.0 Å². The SMILES string of the molecule is O=C(NO)C1=CCN(S(=O)(=O)c2ccc(-c3cnn(C4CCNCC4)c3)cc2)CC1. The highest BCUT2D eigenvalue weighted by Crippen LogP contribution is 2.26. The van der Waals surface area contributed by atoms with Crippen LogP contribution < -0.4 is 10.8 Å². The van der Waals surface area contributed by atoms with Crippen LogP contribution in [0.25, 0.3) is 11.1 Å². The zero-order valence-electron chi connectivity index (χ0n) is 16.5. The van der Waals surface area contributed by atoms with Gasteiger partial charge in [-0.2, -0.15) is 9.40 Å². The number of carbonyl (C=O) groups excluding carboxylic acids is 1. The monoisotopic (exact) mass is 431 g/mol. The molecule has 0 bridgehead atoms. The first kappa shape index (κ1) is 20.7. The molecule has 2 aromatic rings. The highest BCUT2D eigenvalue weighted by molar-refractivity contribution is 7.89. The fourth-order valence-corrected chi connectivity index (χ4v) is 5.25. The van der Waals surface area contributed by atoms with Gasteiger partial charge in [0.1, 0.15) is 0 Å². The van der Waals surface area contributed by atoms with E-state index >= 15 is 0 Å². The number of amides is 1. The molecular formula is C20H25N5O4S. The van der Waals surface area contributed by atoms with Crippen LogP contribution in [0, 0.1) is 0 Å². The molecule has 9 nitrogen and oxygen atoms in total. The van der Waals surface area contributed by atoms with Crippen LogP contribution >= 0.6 is 0 Å². The first-order valence-electron chi connectivity index (χ1n) is 9.98. The van der Waals surface area contributed by atoms with Crippen molar-refractivity contribution in [3.63, 3.8) is 0 Å². The van der Waals surface area contributed by atoms with E-state index in [-0.39, 0.29) is 24.4 Å². The van der Waals surface area contributed by atoms with Gasteiger partial charge in [0.2, 0.25) is 10.0 Å². The van der Waals surface area contributed by atoms with Crippen LogP contribution in [0.4, 0.5) is 0 Å². The first-order chi connectivity index (χ1) is 14.5. The van der Waals surface area contributed by atoms with Gasteiger partial charge < -0.3 is 5.32 Å². The summed E-state index contributed by atoms with van der Waals surface area (Å²) in [6.07, 6.45) is 7.70. The van der Waals surface area contributed by atoms with E-state index in [0.717, 1.165) is 37.1 Å². The predicted molar refractivity (Wildman–Crippen MR) is 110 cm³/mol. The minimum atomic E-state index is -3.66. The summed E-state index contributed by atoms with van der Waals surface area (Å²) in [7, 11) is -3.66. The molecule has 4 rings (SSSR count). The Morgan fingerprint density at radius 3 is 2.53 bits per heavy atom. The van der Waals surface area contributed by atoms with E-state index in [1.165, 1.54) is 10.4 Å². The van der Waals surface area contributed by atoms with Gasteiger partial charge in [-0.15, -0.1) is 0 Å². The molecule has 1 aromatic carbocycles. The van der Waals surface area contributed by atoms with Crippen molar-refractivity contribution in [2.75, 3.05) is 26.2 Å². The van der Waals surface area contributed by atoms with Gasteiger partial charge in [0.25, 0.3) is 5.91 Å². The maximum Gasteiger partial charge on any atom is 0.270 e. The third kappa shape index (κ3) is 4.17. The number of hydrogen-bond acceptors (Lipinski definition) is 6. The number of carbonyl (C=O) groups is 1. The maximum absolute atomic E-state index is 12.9. The number of hydrogen-bond donors (Lipinski definition) is 3. The molecule has 2 aliphatic heterocycles. The number of nitrogens with zero attached hydrogens (tertiary/aromatic N) is 3. The smallest absolute Gasteiger partial charge is 0.270 e. The number of aromatic nitrogens is 2. The molecule has 1 saturated heterocycles. The zero-order chi connectivity index (χ0) is 21.1. The van der Waals surface area contributed by atoms with E-state index in [4.69, 9.17) is 5.21 Å². The maximum atomic E-state index is 12.9. The number of rotatable bonds is 5. The van der Waals surface area contributed by atoms with Gasteiger partial charge in [0.15, 0.2) is 0 Å². The first-order valence-corrected chi connectivity index (χ1v) is 11.4. The van der Waals surface area contributed by atoms with Crippen molar-refractivity contribution in [1.29, 1.82) is 0 Å². The Morgan fingerprint density at radius 1 is 1.17 bits per heavy atom. The largest absolute Gasteiger partial charge is 0.317 e. The van der Waals surface area contributed by atoms with Crippen LogP contribution in [0.2, 0.25) is 0 Å². The van der Waals surface area contributed by atoms with Gasteiger partial charge in [-0.25, -0.2) is 13.9 Å². The van der Waals surface area contributed by atoms with E-state index < -0.39 is 15.9 Å². The quantitative estimate of drug-likeness (QED) is 0.485. The van der Waals surface area contributed by atoms with E-state index in [1.807, 2.05) is 17.1 Å². The standard InChI is InChI=1S/C20H25N5O4S/c26-20(23-27)16-7-11-24(12-8-16)30(28,29)19-3-1-15(2-4-19)17-13-22-25(14-17)18-5-9-21-10-6-18/h1-4,7,13-14,18,21,27H,5-6,8-12H2,(H,23,26). The summed E-state index contributed by atoms with van der Waals surface area (Å²) < 4.78 is 29.2. The second-order valence-electron chi connectivity index (χ2n) is 7.50. The molecule has 3 N–H and O–H groups in total. The highest BCUT2D eigenvalue weighted by Gasteiger charge is 2.27. The molecule has 10 heteroatoms. The highest BCUT2D eigenvalue weighted by atomic mass is 32.2. The van der Waals surface area contributed by atoms with Crippen LogP contribution in [-0.2, 0) is 14.8 Å². The summed E-state index contributed by atoms with van der Waals surface area (Å²) in [5, 5.41) is 16.5. The molecule has 2 aliphatic rings. The number of piperidine rings is 1. The average molecular weight is 432 g/mol. The molecule has 0 aliphatic carbocycles. The van der Waals surface area contributed by atoms with Crippen molar-refractivity contribution in [3.05, 3.63) is 48.3 Å². The lowest BCUT2D eigenvalue weighted by Gasteiger charge is -2.25. The fourth-order valence-electron chi connectivity index (χ4n) is 3.87. The van der Waals surface area contributed by atoms with E-state index in [0.29, 0.717) is 11.6 Å². The van der Waals surface area contributed by atoms with E-state index in [9.17, 15) is 13.2 Å². The molecule has 0 atom stereocenters. The van der Waals surface area contributed by atoms with Crippen LogP contribution in [-0.4, -0.2) is 59.8 Å². The number of hydroxylamine groups is 1. The van der Waals surface area contributed by atoms with Gasteiger partial charge in [-0.3, -0.25) is 14.7 Å². The molecule has 160 valence electrons. The lowest BCUT2D eigenvalue weighted by Crippen LogP contribution is -2.37. The number of benzene rings is 1. The average Bonchev–Trinajstić information content (AvgIpc) is 3.30. The van der Waals surface area contributed by atoms with Gasteiger partial charge in [0.05, 0.1) is 17.1 Å². The Balaban J connectivity index is 1.47.